The minimum Gasteiger partial charge on any atom is -0.489 e. The SMILES string of the molecule is C=CCN1C(=O)c2oc3cc(C)cc(C)c3c(=O)c2C1c1cccc(OCc2ccccc2)c1. The van der Waals surface area contributed by atoms with Crippen molar-refractivity contribution < 1.29 is 13.9 Å². The maximum absolute atomic E-state index is 13.7. The van der Waals surface area contributed by atoms with Crippen LogP contribution in [0.4, 0.5) is 0 Å². The van der Waals surface area contributed by atoms with Gasteiger partial charge in [-0.25, -0.2) is 0 Å². The zero-order valence-corrected chi connectivity index (χ0v) is 19.2. The molecular formula is C29H25NO4. The van der Waals surface area contributed by atoms with Crippen molar-refractivity contribution in [3.63, 3.8) is 0 Å². The summed E-state index contributed by atoms with van der Waals surface area (Å²) in [5.41, 5.74) is 4.28. The molecule has 0 spiro atoms. The van der Waals surface area contributed by atoms with Gasteiger partial charge in [0.25, 0.3) is 5.91 Å². The van der Waals surface area contributed by atoms with Gasteiger partial charge in [-0.05, 0) is 54.3 Å². The minimum atomic E-state index is -0.581. The third kappa shape index (κ3) is 3.69. The van der Waals surface area contributed by atoms with E-state index < -0.39 is 6.04 Å². The van der Waals surface area contributed by atoms with Crippen molar-refractivity contribution in [2.75, 3.05) is 6.54 Å². The van der Waals surface area contributed by atoms with Crippen molar-refractivity contribution >= 4 is 16.9 Å². The smallest absolute Gasteiger partial charge is 0.291 e. The van der Waals surface area contributed by atoms with Crippen LogP contribution < -0.4 is 10.2 Å². The van der Waals surface area contributed by atoms with E-state index in [1.54, 1.807) is 17.0 Å². The molecule has 0 bridgehead atoms. The quantitative estimate of drug-likeness (QED) is 0.352. The molecule has 0 saturated carbocycles. The van der Waals surface area contributed by atoms with Crippen LogP contribution in [0.3, 0.4) is 0 Å². The molecule has 1 amide bonds. The average Bonchev–Trinajstić information content (AvgIpc) is 3.10. The molecule has 34 heavy (non-hydrogen) atoms. The third-order valence-corrected chi connectivity index (χ3v) is 6.16. The summed E-state index contributed by atoms with van der Waals surface area (Å²) in [4.78, 5) is 28.7. The second-order valence-electron chi connectivity index (χ2n) is 8.62. The summed E-state index contributed by atoms with van der Waals surface area (Å²) in [6, 6.07) is 20.6. The highest BCUT2D eigenvalue weighted by Gasteiger charge is 2.42. The molecular weight excluding hydrogens is 426 g/mol. The molecule has 5 heteroatoms. The summed E-state index contributed by atoms with van der Waals surface area (Å²) >= 11 is 0. The zero-order chi connectivity index (χ0) is 23.8. The van der Waals surface area contributed by atoms with Gasteiger partial charge in [0.1, 0.15) is 17.9 Å². The molecule has 5 nitrogen and oxygen atoms in total. The number of benzene rings is 3. The van der Waals surface area contributed by atoms with Gasteiger partial charge in [0, 0.05) is 6.54 Å². The molecule has 1 aliphatic heterocycles. The first-order valence-corrected chi connectivity index (χ1v) is 11.2. The first kappa shape index (κ1) is 21.7. The molecule has 0 radical (unpaired) electrons. The van der Waals surface area contributed by atoms with Crippen LogP contribution in [-0.4, -0.2) is 17.4 Å². The van der Waals surface area contributed by atoms with Gasteiger partial charge >= 0.3 is 0 Å². The predicted octanol–water partition coefficient (Wildman–Crippen LogP) is 5.72. The van der Waals surface area contributed by atoms with Crippen molar-refractivity contribution in [3.8, 4) is 5.75 Å². The maximum Gasteiger partial charge on any atom is 0.291 e. The number of hydrogen-bond acceptors (Lipinski definition) is 4. The van der Waals surface area contributed by atoms with Crippen molar-refractivity contribution in [2.45, 2.75) is 26.5 Å². The molecule has 1 unspecified atom stereocenters. The van der Waals surface area contributed by atoms with E-state index in [2.05, 4.69) is 6.58 Å². The Kier molecular flexibility index (Phi) is 5.54. The Morgan fingerprint density at radius 1 is 1.03 bits per heavy atom. The zero-order valence-electron chi connectivity index (χ0n) is 19.2. The first-order chi connectivity index (χ1) is 16.5. The minimum absolute atomic E-state index is 0.102. The fourth-order valence-electron chi connectivity index (χ4n) is 4.70. The van der Waals surface area contributed by atoms with Gasteiger partial charge in [-0.15, -0.1) is 6.58 Å². The topological polar surface area (TPSA) is 59.8 Å². The molecule has 0 saturated heterocycles. The molecule has 1 aromatic heterocycles. The van der Waals surface area contributed by atoms with Gasteiger partial charge in [0.05, 0.1) is 17.0 Å². The van der Waals surface area contributed by atoms with E-state index in [0.29, 0.717) is 28.9 Å². The van der Waals surface area contributed by atoms with E-state index in [9.17, 15) is 9.59 Å². The molecule has 5 rings (SSSR count). The van der Waals surface area contributed by atoms with Gasteiger partial charge in [-0.2, -0.15) is 0 Å². The van der Waals surface area contributed by atoms with Crippen LogP contribution in [0.25, 0.3) is 11.0 Å². The monoisotopic (exact) mass is 451 g/mol. The van der Waals surface area contributed by atoms with Gasteiger partial charge < -0.3 is 14.1 Å². The number of ether oxygens (including phenoxy) is 1. The Labute approximate surface area is 197 Å². The van der Waals surface area contributed by atoms with Gasteiger partial charge in [-0.3, -0.25) is 9.59 Å². The van der Waals surface area contributed by atoms with Gasteiger partial charge in [-0.1, -0.05) is 54.6 Å². The Balaban J connectivity index is 1.61. The average molecular weight is 452 g/mol. The lowest BCUT2D eigenvalue weighted by molar-refractivity contribution is 0.0748. The molecule has 170 valence electrons. The number of hydrogen-bond donors (Lipinski definition) is 0. The molecule has 1 aliphatic rings. The number of carbonyl (C=O) groups is 1. The van der Waals surface area contributed by atoms with Crippen LogP contribution in [0.15, 0.2) is 88.6 Å². The Bertz CT molecular complexity index is 1470. The van der Waals surface area contributed by atoms with Crippen LogP contribution >= 0.6 is 0 Å². The van der Waals surface area contributed by atoms with Crippen molar-refractivity contribution in [1.29, 1.82) is 0 Å². The summed E-state index contributed by atoms with van der Waals surface area (Å²) in [5.74, 6) is 0.455. The van der Waals surface area contributed by atoms with Crippen LogP contribution in [-0.2, 0) is 6.61 Å². The Morgan fingerprint density at radius 3 is 2.59 bits per heavy atom. The van der Waals surface area contributed by atoms with E-state index in [0.717, 1.165) is 22.3 Å². The van der Waals surface area contributed by atoms with Gasteiger partial charge in [0.15, 0.2) is 5.43 Å². The van der Waals surface area contributed by atoms with E-state index in [1.165, 1.54) is 0 Å². The van der Waals surface area contributed by atoms with Crippen LogP contribution in [0.2, 0.25) is 0 Å². The van der Waals surface area contributed by atoms with Crippen molar-refractivity contribution in [2.24, 2.45) is 0 Å². The normalized spacial score (nSPS) is 14.9. The van der Waals surface area contributed by atoms with E-state index in [-0.39, 0.29) is 23.6 Å². The number of amides is 1. The maximum atomic E-state index is 13.7. The number of fused-ring (bicyclic) bond motifs is 2. The predicted molar refractivity (Wildman–Crippen MR) is 132 cm³/mol. The van der Waals surface area contributed by atoms with Crippen molar-refractivity contribution in [3.05, 3.63) is 123 Å². The van der Waals surface area contributed by atoms with Gasteiger partial charge in [0.2, 0.25) is 5.76 Å². The molecule has 4 aromatic rings. The first-order valence-electron chi connectivity index (χ1n) is 11.2. The molecule has 1 atom stereocenters. The summed E-state index contributed by atoms with van der Waals surface area (Å²) in [5, 5.41) is 0.513. The van der Waals surface area contributed by atoms with E-state index in [1.807, 2.05) is 74.5 Å². The van der Waals surface area contributed by atoms with E-state index >= 15 is 0 Å². The Morgan fingerprint density at radius 2 is 1.82 bits per heavy atom. The highest BCUT2D eigenvalue weighted by Crippen LogP contribution is 2.39. The number of carbonyl (C=O) groups excluding carboxylic acids is 1. The lowest BCUT2D eigenvalue weighted by Gasteiger charge is -2.24. The second kappa shape index (κ2) is 8.67. The highest BCUT2D eigenvalue weighted by atomic mass is 16.5. The van der Waals surface area contributed by atoms with Crippen LogP contribution in [0.5, 0.6) is 5.75 Å². The molecule has 3 aromatic carbocycles. The van der Waals surface area contributed by atoms with Crippen LogP contribution in [0, 0.1) is 13.8 Å². The molecule has 2 heterocycles. The third-order valence-electron chi connectivity index (χ3n) is 6.16. The summed E-state index contributed by atoms with van der Waals surface area (Å²) in [6.45, 7) is 8.35. The second-order valence-corrected chi connectivity index (χ2v) is 8.62. The number of rotatable bonds is 6. The fourth-order valence-corrected chi connectivity index (χ4v) is 4.70. The summed E-state index contributed by atoms with van der Waals surface area (Å²) in [6.07, 6.45) is 1.66. The lowest BCUT2D eigenvalue weighted by atomic mass is 9.96. The molecule has 0 N–H and O–H groups in total. The molecule has 0 aliphatic carbocycles. The largest absolute Gasteiger partial charge is 0.489 e. The number of nitrogens with zero attached hydrogens (tertiary/aromatic N) is 1. The number of aryl methyl sites for hydroxylation is 2. The standard InChI is InChI=1S/C29H25NO4/c1-4-13-30-26(21-11-8-12-22(16-21)33-17-20-9-6-5-7-10-20)25-27(31)24-19(3)14-18(2)15-23(24)34-28(25)29(30)32/h4-12,14-16,26H,1,13,17H2,2-3H3. The lowest BCUT2D eigenvalue weighted by Crippen LogP contribution is -2.29. The summed E-state index contributed by atoms with van der Waals surface area (Å²) in [7, 11) is 0. The van der Waals surface area contributed by atoms with Crippen LogP contribution in [0.1, 0.15) is 44.4 Å². The van der Waals surface area contributed by atoms with Crippen molar-refractivity contribution in [1.82, 2.24) is 4.90 Å². The summed E-state index contributed by atoms with van der Waals surface area (Å²) < 4.78 is 12.1. The Hall–Kier alpha value is -4.12. The van der Waals surface area contributed by atoms with E-state index in [4.69, 9.17) is 9.15 Å². The molecule has 0 fully saturated rings. The highest BCUT2D eigenvalue weighted by molar-refractivity contribution is 5.99. The fraction of sp³-hybridized carbons (Fsp3) is 0.172.